The van der Waals surface area contributed by atoms with Crippen LogP contribution in [0, 0.1) is 0 Å². The molecular weight excluding hydrogens is 228 g/mol. The summed E-state index contributed by atoms with van der Waals surface area (Å²) >= 11 is 5.86. The summed E-state index contributed by atoms with van der Waals surface area (Å²) in [5.74, 6) is 0. The molecule has 1 aromatic carbocycles. The molecule has 0 fully saturated rings. The number of rotatable bonds is 3. The number of hydrogen-bond donors (Lipinski definition) is 1. The fraction of sp³-hybridized carbons (Fsp3) is 0.0909. The van der Waals surface area contributed by atoms with Gasteiger partial charge in [0, 0.05) is 0 Å². The van der Waals surface area contributed by atoms with Crippen LogP contribution in [0.25, 0.3) is 6.08 Å². The number of methoxy groups -OCH3 is 1. The monoisotopic (exact) mass is 238 g/mol. The molecule has 84 valence electrons. The molecule has 0 saturated heterocycles. The van der Waals surface area contributed by atoms with E-state index in [2.05, 4.69) is 15.3 Å². The van der Waals surface area contributed by atoms with Crippen LogP contribution in [0.4, 0.5) is 4.79 Å². The molecule has 1 aromatic rings. The van der Waals surface area contributed by atoms with Gasteiger partial charge in [0.25, 0.3) is 0 Å². The highest BCUT2D eigenvalue weighted by Gasteiger charge is 1.93. The van der Waals surface area contributed by atoms with Crippen LogP contribution in [0.2, 0.25) is 0 Å². The van der Waals surface area contributed by atoms with E-state index in [4.69, 9.17) is 11.6 Å². The summed E-state index contributed by atoms with van der Waals surface area (Å²) in [4.78, 5) is 10.6. The number of ether oxygens (including phenoxy) is 1. The molecule has 5 heteroatoms. The smallest absolute Gasteiger partial charge is 0.427 e. The van der Waals surface area contributed by atoms with E-state index >= 15 is 0 Å². The van der Waals surface area contributed by atoms with Gasteiger partial charge in [-0.2, -0.15) is 5.10 Å². The van der Waals surface area contributed by atoms with E-state index in [1.807, 2.05) is 30.3 Å². The summed E-state index contributed by atoms with van der Waals surface area (Å²) in [6.45, 7) is 0. The minimum absolute atomic E-state index is 0.405. The first-order chi connectivity index (χ1) is 7.72. The molecule has 0 aliphatic heterocycles. The number of carbonyl (C=O) groups excluding carboxylic acids is 1. The van der Waals surface area contributed by atoms with Crippen LogP contribution in [0.1, 0.15) is 5.56 Å². The van der Waals surface area contributed by atoms with Crippen LogP contribution in [-0.2, 0) is 4.74 Å². The van der Waals surface area contributed by atoms with Crippen LogP contribution in [0.3, 0.4) is 0 Å². The van der Waals surface area contributed by atoms with Gasteiger partial charge in [0.1, 0.15) is 0 Å². The van der Waals surface area contributed by atoms with E-state index in [-0.39, 0.29) is 0 Å². The van der Waals surface area contributed by atoms with Crippen molar-refractivity contribution < 1.29 is 9.53 Å². The predicted octanol–water partition coefficient (Wildman–Crippen LogP) is 2.61. The molecule has 4 nitrogen and oxygen atoms in total. The third-order valence-electron chi connectivity index (χ3n) is 1.63. The molecule has 0 radical (unpaired) electrons. The minimum atomic E-state index is -0.638. The molecule has 0 unspecified atom stereocenters. The van der Waals surface area contributed by atoms with Crippen molar-refractivity contribution in [1.82, 2.24) is 5.43 Å². The summed E-state index contributed by atoms with van der Waals surface area (Å²) < 4.78 is 4.32. The van der Waals surface area contributed by atoms with Gasteiger partial charge in [-0.05, 0) is 11.6 Å². The first-order valence-electron chi connectivity index (χ1n) is 4.51. The first-order valence-corrected chi connectivity index (χ1v) is 4.89. The Balaban J connectivity index is 2.55. The van der Waals surface area contributed by atoms with Crippen molar-refractivity contribution in [2.24, 2.45) is 5.10 Å². The Morgan fingerprint density at radius 3 is 2.75 bits per heavy atom. The zero-order chi connectivity index (χ0) is 11.8. The number of halogens is 1. The average Bonchev–Trinajstić information content (AvgIpc) is 2.30. The van der Waals surface area contributed by atoms with Crippen LogP contribution < -0.4 is 5.43 Å². The number of nitrogens with zero attached hydrogens (tertiary/aromatic N) is 1. The van der Waals surface area contributed by atoms with Gasteiger partial charge in [-0.15, -0.1) is 0 Å². The molecule has 0 aliphatic rings. The first kappa shape index (κ1) is 12.3. The predicted molar refractivity (Wildman–Crippen MR) is 64.3 cm³/mol. The van der Waals surface area contributed by atoms with Crippen LogP contribution >= 0.6 is 11.6 Å². The molecule has 0 aliphatic carbocycles. The van der Waals surface area contributed by atoms with Crippen molar-refractivity contribution >= 4 is 30.0 Å². The zero-order valence-electron chi connectivity index (χ0n) is 8.68. The highest BCUT2D eigenvalue weighted by atomic mass is 35.5. The molecule has 1 N–H and O–H groups in total. The Bertz CT molecular complexity index is 402. The van der Waals surface area contributed by atoms with Gasteiger partial charge in [-0.25, -0.2) is 10.2 Å². The number of nitrogens with one attached hydrogen (secondary N) is 1. The zero-order valence-corrected chi connectivity index (χ0v) is 9.44. The third-order valence-corrected chi connectivity index (χ3v) is 1.84. The quantitative estimate of drug-likeness (QED) is 0.650. The fourth-order valence-corrected chi connectivity index (χ4v) is 1.11. The van der Waals surface area contributed by atoms with Crippen molar-refractivity contribution in [3.8, 4) is 0 Å². The van der Waals surface area contributed by atoms with Gasteiger partial charge in [0.05, 0.1) is 18.4 Å². The molecule has 0 bridgehead atoms. The Labute approximate surface area is 98.6 Å². The van der Waals surface area contributed by atoms with Crippen molar-refractivity contribution in [3.05, 3.63) is 40.9 Å². The summed E-state index contributed by atoms with van der Waals surface area (Å²) in [7, 11) is 1.26. The van der Waals surface area contributed by atoms with Crippen molar-refractivity contribution in [3.63, 3.8) is 0 Å². The molecule has 0 saturated carbocycles. The van der Waals surface area contributed by atoms with Crippen molar-refractivity contribution in [2.75, 3.05) is 7.11 Å². The van der Waals surface area contributed by atoms with Crippen molar-refractivity contribution in [2.45, 2.75) is 0 Å². The maximum absolute atomic E-state index is 10.6. The van der Waals surface area contributed by atoms with Gasteiger partial charge < -0.3 is 4.74 Å². The summed E-state index contributed by atoms with van der Waals surface area (Å²) in [6.07, 6.45) is 2.41. The summed E-state index contributed by atoms with van der Waals surface area (Å²) in [6, 6.07) is 9.53. The highest BCUT2D eigenvalue weighted by molar-refractivity contribution is 6.41. The number of hydrazone groups is 1. The van der Waals surface area contributed by atoms with E-state index in [9.17, 15) is 4.79 Å². The lowest BCUT2D eigenvalue weighted by Gasteiger charge is -1.95. The molecule has 0 atom stereocenters. The number of amides is 1. The molecule has 16 heavy (non-hydrogen) atoms. The minimum Gasteiger partial charge on any atom is -0.452 e. The van der Waals surface area contributed by atoms with Gasteiger partial charge in [-0.3, -0.25) is 0 Å². The van der Waals surface area contributed by atoms with E-state index in [1.165, 1.54) is 13.3 Å². The van der Waals surface area contributed by atoms with Crippen LogP contribution in [-0.4, -0.2) is 19.4 Å². The third kappa shape index (κ3) is 4.61. The Kier molecular flexibility index (Phi) is 5.08. The molecule has 1 amide bonds. The molecule has 0 heterocycles. The van der Waals surface area contributed by atoms with Gasteiger partial charge in [-0.1, -0.05) is 41.9 Å². The van der Waals surface area contributed by atoms with E-state index in [0.29, 0.717) is 5.03 Å². The SMILES string of the molecule is COC(=O)NN=CC(Cl)=Cc1ccccc1. The maximum Gasteiger partial charge on any atom is 0.427 e. The fourth-order valence-electron chi connectivity index (χ4n) is 0.938. The normalized spacial score (nSPS) is 11.5. The molecule has 0 aromatic heterocycles. The molecular formula is C11H11ClN2O2. The molecule has 1 rings (SSSR count). The standard InChI is InChI=1S/C11H11ClN2O2/c1-16-11(15)14-13-8-10(12)7-9-5-3-2-4-6-9/h2-8H,1H3,(H,14,15). The highest BCUT2D eigenvalue weighted by Crippen LogP contribution is 2.07. The van der Waals surface area contributed by atoms with Crippen LogP contribution in [0.5, 0.6) is 0 Å². The second kappa shape index (κ2) is 6.63. The lowest BCUT2D eigenvalue weighted by molar-refractivity contribution is 0.171. The van der Waals surface area contributed by atoms with Crippen molar-refractivity contribution in [1.29, 1.82) is 0 Å². The Morgan fingerprint density at radius 1 is 1.44 bits per heavy atom. The number of carbonyl (C=O) groups is 1. The summed E-state index contributed by atoms with van der Waals surface area (Å²) in [5.41, 5.74) is 3.09. The van der Waals surface area contributed by atoms with Gasteiger partial charge in [0.15, 0.2) is 0 Å². The molecule has 0 spiro atoms. The number of hydrogen-bond acceptors (Lipinski definition) is 3. The van der Waals surface area contributed by atoms with Crippen LogP contribution in [0.15, 0.2) is 40.5 Å². The van der Waals surface area contributed by atoms with E-state index in [0.717, 1.165) is 5.56 Å². The lowest BCUT2D eigenvalue weighted by atomic mass is 10.2. The van der Waals surface area contributed by atoms with Gasteiger partial charge >= 0.3 is 6.09 Å². The van der Waals surface area contributed by atoms with E-state index < -0.39 is 6.09 Å². The Hall–Kier alpha value is -1.81. The average molecular weight is 239 g/mol. The Morgan fingerprint density at radius 2 is 2.12 bits per heavy atom. The second-order valence-corrected chi connectivity index (χ2v) is 3.24. The number of benzene rings is 1. The number of allylic oxidation sites excluding steroid dienone is 1. The lowest BCUT2D eigenvalue weighted by Crippen LogP contribution is -2.16. The maximum atomic E-state index is 10.6. The second-order valence-electron chi connectivity index (χ2n) is 2.80. The topological polar surface area (TPSA) is 50.7 Å². The van der Waals surface area contributed by atoms with Gasteiger partial charge in [0.2, 0.25) is 0 Å². The largest absolute Gasteiger partial charge is 0.452 e. The summed E-state index contributed by atoms with van der Waals surface area (Å²) in [5, 5.41) is 3.99. The van der Waals surface area contributed by atoms with E-state index in [1.54, 1.807) is 6.08 Å².